The Morgan fingerprint density at radius 3 is 2.38 bits per heavy atom. The lowest BCUT2D eigenvalue weighted by Crippen LogP contribution is -2.55. The number of amides is 4. The van der Waals surface area contributed by atoms with Crippen LogP contribution in [0.3, 0.4) is 0 Å². The molecular weight excluding hydrogens is 476 g/mol. The van der Waals surface area contributed by atoms with Gasteiger partial charge in [-0.05, 0) is 52.5 Å². The normalized spacial score (nSPS) is 15.8. The number of phenols is 1. The molecule has 37 heavy (non-hydrogen) atoms. The number of benzene rings is 1. The van der Waals surface area contributed by atoms with Crippen molar-refractivity contribution in [1.82, 2.24) is 15.5 Å². The third-order valence-electron chi connectivity index (χ3n) is 6.22. The van der Waals surface area contributed by atoms with Crippen molar-refractivity contribution in [3.63, 3.8) is 0 Å². The highest BCUT2D eigenvalue weighted by Crippen LogP contribution is 2.33. The van der Waals surface area contributed by atoms with Gasteiger partial charge in [0.2, 0.25) is 17.7 Å². The van der Waals surface area contributed by atoms with Crippen molar-refractivity contribution in [3.8, 4) is 5.75 Å². The molecule has 10 heteroatoms. The summed E-state index contributed by atoms with van der Waals surface area (Å²) in [5, 5.41) is 16.4. The Morgan fingerprint density at radius 2 is 1.81 bits per heavy atom. The zero-order valence-electron chi connectivity index (χ0n) is 22.6. The Bertz CT molecular complexity index is 968. The van der Waals surface area contributed by atoms with Gasteiger partial charge in [-0.15, -0.1) is 0 Å². The third kappa shape index (κ3) is 8.94. The second kappa shape index (κ2) is 13.3. The van der Waals surface area contributed by atoms with Crippen LogP contribution >= 0.6 is 0 Å². The number of aryl methyl sites for hydroxylation is 1. The maximum absolute atomic E-state index is 13.9. The summed E-state index contributed by atoms with van der Waals surface area (Å²) in [6, 6.07) is 2.46. The largest absolute Gasteiger partial charge is 0.507 e. The first kappa shape index (κ1) is 29.9. The quantitative estimate of drug-likeness (QED) is 0.373. The van der Waals surface area contributed by atoms with Gasteiger partial charge in [0, 0.05) is 18.2 Å². The van der Waals surface area contributed by atoms with E-state index in [1.807, 2.05) is 6.92 Å². The Labute approximate surface area is 219 Å². The van der Waals surface area contributed by atoms with Crippen LogP contribution in [0.2, 0.25) is 0 Å². The van der Waals surface area contributed by atoms with E-state index in [1.54, 1.807) is 45.9 Å². The molecule has 1 aliphatic rings. The van der Waals surface area contributed by atoms with Crippen LogP contribution < -0.4 is 16.4 Å². The van der Waals surface area contributed by atoms with Crippen LogP contribution in [0.5, 0.6) is 5.75 Å². The predicted molar refractivity (Wildman–Crippen MR) is 140 cm³/mol. The van der Waals surface area contributed by atoms with E-state index in [0.29, 0.717) is 12.0 Å². The highest BCUT2D eigenvalue weighted by atomic mass is 16.6. The number of nitrogens with one attached hydrogen (secondary N) is 2. The SMILES string of the molecule is CCCN(C(=O)C(CC(N)=O)NC(=O)OC(C)(C)C)C(C(=O)NC1CCCCC1)c1cccc(C)c1O. The molecule has 0 bridgehead atoms. The molecule has 1 aliphatic carbocycles. The average Bonchev–Trinajstić information content (AvgIpc) is 2.79. The van der Waals surface area contributed by atoms with Crippen LogP contribution in [-0.2, 0) is 19.1 Å². The minimum atomic E-state index is -1.35. The Kier molecular flexibility index (Phi) is 10.8. The van der Waals surface area contributed by atoms with E-state index < -0.39 is 47.9 Å². The van der Waals surface area contributed by atoms with Gasteiger partial charge in [-0.2, -0.15) is 0 Å². The molecule has 2 rings (SSSR count). The average molecular weight is 519 g/mol. The number of phenolic OH excluding ortho intramolecular Hbond substituents is 1. The number of nitrogens with zero attached hydrogens (tertiary/aromatic N) is 1. The van der Waals surface area contributed by atoms with Gasteiger partial charge in [0.15, 0.2) is 0 Å². The van der Waals surface area contributed by atoms with Gasteiger partial charge in [-0.25, -0.2) is 4.79 Å². The lowest BCUT2D eigenvalue weighted by atomic mass is 9.94. The molecular formula is C27H42N4O6. The monoisotopic (exact) mass is 518 g/mol. The molecule has 10 nitrogen and oxygen atoms in total. The van der Waals surface area contributed by atoms with Crippen LogP contribution in [0.25, 0.3) is 0 Å². The minimum Gasteiger partial charge on any atom is -0.507 e. The van der Waals surface area contributed by atoms with Crippen LogP contribution in [0.15, 0.2) is 18.2 Å². The number of para-hydroxylation sites is 1. The summed E-state index contributed by atoms with van der Waals surface area (Å²) < 4.78 is 5.28. The van der Waals surface area contributed by atoms with Crippen molar-refractivity contribution in [3.05, 3.63) is 29.3 Å². The smallest absolute Gasteiger partial charge is 0.408 e. The molecule has 2 unspecified atom stereocenters. The number of ether oxygens (including phenoxy) is 1. The molecule has 1 saturated carbocycles. The van der Waals surface area contributed by atoms with Crippen LogP contribution in [0.4, 0.5) is 4.79 Å². The van der Waals surface area contributed by atoms with Gasteiger partial charge < -0.3 is 31.1 Å². The first-order valence-electron chi connectivity index (χ1n) is 13.0. The first-order valence-corrected chi connectivity index (χ1v) is 13.0. The molecule has 0 spiro atoms. The number of hydrogen-bond donors (Lipinski definition) is 4. The second-order valence-electron chi connectivity index (χ2n) is 10.7. The Morgan fingerprint density at radius 1 is 1.16 bits per heavy atom. The van der Waals surface area contributed by atoms with Crippen LogP contribution in [-0.4, -0.2) is 58.1 Å². The molecule has 0 heterocycles. The minimum absolute atomic E-state index is 0.0319. The summed E-state index contributed by atoms with van der Waals surface area (Å²) in [5.74, 6) is -1.99. The lowest BCUT2D eigenvalue weighted by Gasteiger charge is -2.35. The molecule has 206 valence electrons. The number of carbonyl (C=O) groups is 4. The van der Waals surface area contributed by atoms with Crippen molar-refractivity contribution in [1.29, 1.82) is 0 Å². The maximum atomic E-state index is 13.9. The summed E-state index contributed by atoms with van der Waals surface area (Å²) in [6.07, 6.45) is 3.92. The zero-order chi connectivity index (χ0) is 27.8. The van der Waals surface area contributed by atoms with Gasteiger partial charge in [-0.3, -0.25) is 14.4 Å². The number of alkyl carbamates (subject to hydrolysis) is 1. The van der Waals surface area contributed by atoms with E-state index in [2.05, 4.69) is 10.6 Å². The van der Waals surface area contributed by atoms with Crippen molar-refractivity contribution in [2.24, 2.45) is 5.73 Å². The van der Waals surface area contributed by atoms with Crippen molar-refractivity contribution in [2.45, 2.75) is 103 Å². The summed E-state index contributed by atoms with van der Waals surface area (Å²) in [4.78, 5) is 53.2. The van der Waals surface area contributed by atoms with E-state index in [0.717, 1.165) is 32.1 Å². The molecule has 0 aliphatic heterocycles. The topological polar surface area (TPSA) is 151 Å². The van der Waals surface area contributed by atoms with Crippen LogP contribution in [0.1, 0.15) is 89.8 Å². The Balaban J connectivity index is 2.48. The lowest BCUT2D eigenvalue weighted by molar-refractivity contribution is -0.143. The third-order valence-corrected chi connectivity index (χ3v) is 6.22. The first-order chi connectivity index (χ1) is 17.3. The van der Waals surface area contributed by atoms with E-state index in [-0.39, 0.29) is 23.9 Å². The Hall–Kier alpha value is -3.30. The van der Waals surface area contributed by atoms with Gasteiger partial charge in [0.05, 0.1) is 6.42 Å². The highest BCUT2D eigenvalue weighted by Gasteiger charge is 2.38. The molecule has 0 aromatic heterocycles. The number of nitrogens with two attached hydrogens (primary N) is 1. The molecule has 1 fully saturated rings. The summed E-state index contributed by atoms with van der Waals surface area (Å²) in [5.41, 5.74) is 5.39. The number of primary amides is 1. The number of hydrogen-bond acceptors (Lipinski definition) is 6. The zero-order valence-corrected chi connectivity index (χ0v) is 22.6. The van der Waals surface area contributed by atoms with Crippen molar-refractivity contribution in [2.75, 3.05) is 6.54 Å². The van der Waals surface area contributed by atoms with Crippen LogP contribution in [0, 0.1) is 6.92 Å². The fraction of sp³-hybridized carbons (Fsp3) is 0.630. The molecule has 1 aromatic carbocycles. The number of rotatable bonds is 10. The highest BCUT2D eigenvalue weighted by molar-refractivity contribution is 5.95. The van der Waals surface area contributed by atoms with Gasteiger partial charge in [0.1, 0.15) is 23.4 Å². The molecule has 2 atom stereocenters. The van der Waals surface area contributed by atoms with E-state index in [1.165, 1.54) is 4.90 Å². The molecule has 4 amide bonds. The van der Waals surface area contributed by atoms with Crippen molar-refractivity contribution < 1.29 is 29.0 Å². The number of carbonyl (C=O) groups excluding carboxylic acids is 4. The van der Waals surface area contributed by atoms with E-state index >= 15 is 0 Å². The van der Waals surface area contributed by atoms with E-state index in [4.69, 9.17) is 10.5 Å². The molecule has 0 radical (unpaired) electrons. The predicted octanol–water partition coefficient (Wildman–Crippen LogP) is 3.20. The molecule has 0 saturated heterocycles. The molecule has 5 N–H and O–H groups in total. The summed E-state index contributed by atoms with van der Waals surface area (Å²) in [7, 11) is 0. The van der Waals surface area contributed by atoms with E-state index in [9.17, 15) is 24.3 Å². The fourth-order valence-corrected chi connectivity index (χ4v) is 4.54. The fourth-order valence-electron chi connectivity index (χ4n) is 4.54. The van der Waals surface area contributed by atoms with Crippen molar-refractivity contribution >= 4 is 23.8 Å². The molecule has 1 aromatic rings. The number of aromatic hydroxyl groups is 1. The summed E-state index contributed by atoms with van der Waals surface area (Å²) >= 11 is 0. The second-order valence-corrected chi connectivity index (χ2v) is 10.7. The standard InChI is InChI=1S/C27H42N4O6/c1-6-15-31(25(35)20(16-21(28)32)30-26(36)37-27(3,4)5)22(19-14-10-11-17(2)23(19)33)24(34)29-18-12-8-7-9-13-18/h10-11,14,18,20,22,33H,6-9,12-13,15-16H2,1-5H3,(H2,28,32)(H,29,34)(H,30,36). The van der Waals surface area contributed by atoms with Gasteiger partial charge in [-0.1, -0.05) is 44.4 Å². The van der Waals surface area contributed by atoms with Gasteiger partial charge in [0.25, 0.3) is 0 Å². The van der Waals surface area contributed by atoms with Gasteiger partial charge >= 0.3 is 6.09 Å². The summed E-state index contributed by atoms with van der Waals surface area (Å²) in [6.45, 7) is 8.71. The maximum Gasteiger partial charge on any atom is 0.408 e.